The smallest absolute Gasteiger partial charge is 0.405 e. The van der Waals surface area contributed by atoms with Crippen molar-refractivity contribution in [3.63, 3.8) is 0 Å². The highest BCUT2D eigenvalue weighted by Crippen LogP contribution is 2.27. The number of pyridine rings is 1. The number of rotatable bonds is 3. The van der Waals surface area contributed by atoms with Gasteiger partial charge in [-0.25, -0.2) is 25.6 Å². The molecule has 9 nitrogen and oxygen atoms in total. The fraction of sp³-hybridized carbons (Fsp3) is 0.273. The van der Waals surface area contributed by atoms with Gasteiger partial charge in [0.25, 0.3) is 0 Å². The third-order valence-electron chi connectivity index (χ3n) is 3.12. The Bertz CT molecular complexity index is 704. The molecule has 1 aliphatic rings. The standard InChI is InChI=1S/C11H12ClN7O2/c12-5-1-7-8(14-2-5)17-10(9(16-7)18-13)19-3-6(4-19)15-11(20)21/h1-2,6,15H,3-4,13H2,(H,16,18)(H,20,21). The van der Waals surface area contributed by atoms with Crippen molar-refractivity contribution < 1.29 is 9.90 Å². The minimum atomic E-state index is -1.04. The van der Waals surface area contributed by atoms with Crippen LogP contribution in [0.5, 0.6) is 0 Å². The molecule has 1 fully saturated rings. The summed E-state index contributed by atoms with van der Waals surface area (Å²) in [5, 5.41) is 11.5. The van der Waals surface area contributed by atoms with Crippen molar-refractivity contribution >= 4 is 40.5 Å². The Morgan fingerprint density at radius 3 is 2.90 bits per heavy atom. The van der Waals surface area contributed by atoms with E-state index in [1.54, 1.807) is 6.07 Å². The highest BCUT2D eigenvalue weighted by Gasteiger charge is 2.31. The first kappa shape index (κ1) is 13.6. The van der Waals surface area contributed by atoms with E-state index in [4.69, 9.17) is 22.6 Å². The van der Waals surface area contributed by atoms with Crippen molar-refractivity contribution in [3.8, 4) is 0 Å². The van der Waals surface area contributed by atoms with Gasteiger partial charge in [-0.3, -0.25) is 0 Å². The van der Waals surface area contributed by atoms with Gasteiger partial charge in [-0.15, -0.1) is 0 Å². The van der Waals surface area contributed by atoms with Crippen LogP contribution in [0.1, 0.15) is 0 Å². The zero-order valence-electron chi connectivity index (χ0n) is 10.7. The van der Waals surface area contributed by atoms with Gasteiger partial charge in [-0.05, 0) is 6.07 Å². The molecular weight excluding hydrogens is 298 g/mol. The molecule has 3 rings (SSSR count). The number of hydrogen-bond donors (Lipinski definition) is 4. The van der Waals surface area contributed by atoms with Gasteiger partial charge in [0.15, 0.2) is 17.3 Å². The number of hydrazine groups is 1. The van der Waals surface area contributed by atoms with E-state index in [1.807, 2.05) is 4.90 Å². The molecule has 3 heterocycles. The van der Waals surface area contributed by atoms with E-state index in [0.717, 1.165) is 0 Å². The molecule has 0 bridgehead atoms. The van der Waals surface area contributed by atoms with Crippen LogP contribution in [0.4, 0.5) is 16.4 Å². The van der Waals surface area contributed by atoms with Gasteiger partial charge in [-0.2, -0.15) is 0 Å². The number of carbonyl (C=O) groups is 1. The van der Waals surface area contributed by atoms with Crippen LogP contribution in [0.25, 0.3) is 11.2 Å². The first-order valence-corrected chi connectivity index (χ1v) is 6.49. The second kappa shape index (κ2) is 5.19. The number of carboxylic acid groups (broad SMARTS) is 1. The maximum atomic E-state index is 10.6. The van der Waals surface area contributed by atoms with Crippen LogP contribution in [0.3, 0.4) is 0 Å². The summed E-state index contributed by atoms with van der Waals surface area (Å²) in [6, 6.07) is 1.51. The summed E-state index contributed by atoms with van der Waals surface area (Å²) >= 11 is 5.87. The number of hydrogen-bond acceptors (Lipinski definition) is 7. The summed E-state index contributed by atoms with van der Waals surface area (Å²) in [5.74, 6) is 6.39. The quantitative estimate of drug-likeness (QED) is 0.474. The Hall–Kier alpha value is -2.39. The van der Waals surface area contributed by atoms with Crippen LogP contribution in [-0.4, -0.2) is 45.3 Å². The lowest BCUT2D eigenvalue weighted by Crippen LogP contribution is -2.59. The Morgan fingerprint density at radius 1 is 1.48 bits per heavy atom. The van der Waals surface area contributed by atoms with Crippen molar-refractivity contribution in [2.24, 2.45) is 5.84 Å². The molecule has 1 aliphatic heterocycles. The Balaban J connectivity index is 1.88. The maximum absolute atomic E-state index is 10.6. The Labute approximate surface area is 124 Å². The van der Waals surface area contributed by atoms with Gasteiger partial charge in [0.2, 0.25) is 0 Å². The summed E-state index contributed by atoms with van der Waals surface area (Å²) < 4.78 is 0. The van der Waals surface area contributed by atoms with Gasteiger partial charge < -0.3 is 20.7 Å². The number of aromatic nitrogens is 3. The lowest BCUT2D eigenvalue weighted by molar-refractivity contribution is 0.187. The first-order valence-electron chi connectivity index (χ1n) is 6.11. The molecule has 21 heavy (non-hydrogen) atoms. The summed E-state index contributed by atoms with van der Waals surface area (Å²) in [5.41, 5.74) is 3.46. The minimum Gasteiger partial charge on any atom is -0.465 e. The second-order valence-corrected chi connectivity index (χ2v) is 5.02. The van der Waals surface area contributed by atoms with Gasteiger partial charge >= 0.3 is 6.09 Å². The number of nitrogen functional groups attached to an aromatic ring is 1. The van der Waals surface area contributed by atoms with E-state index in [1.165, 1.54) is 6.20 Å². The van der Waals surface area contributed by atoms with Crippen LogP contribution in [0, 0.1) is 0 Å². The van der Waals surface area contributed by atoms with E-state index < -0.39 is 6.09 Å². The molecule has 0 unspecified atom stereocenters. The SMILES string of the molecule is NNc1nc2cc(Cl)cnc2nc1N1CC(NC(=O)O)C1. The highest BCUT2D eigenvalue weighted by atomic mass is 35.5. The lowest BCUT2D eigenvalue weighted by atomic mass is 10.1. The Kier molecular flexibility index (Phi) is 3.35. The molecular formula is C11H12ClN7O2. The van der Waals surface area contributed by atoms with E-state index >= 15 is 0 Å². The molecule has 1 amide bonds. The Morgan fingerprint density at radius 2 is 2.24 bits per heavy atom. The number of anilines is 2. The molecule has 2 aromatic heterocycles. The van der Waals surface area contributed by atoms with Crippen molar-refractivity contribution in [2.75, 3.05) is 23.4 Å². The normalized spacial score (nSPS) is 14.9. The van der Waals surface area contributed by atoms with Crippen LogP contribution < -0.4 is 21.5 Å². The largest absolute Gasteiger partial charge is 0.465 e. The minimum absolute atomic E-state index is 0.135. The van der Waals surface area contributed by atoms with E-state index in [2.05, 4.69) is 25.7 Å². The fourth-order valence-electron chi connectivity index (χ4n) is 2.15. The molecule has 10 heteroatoms. The lowest BCUT2D eigenvalue weighted by Gasteiger charge is -2.40. The highest BCUT2D eigenvalue weighted by molar-refractivity contribution is 6.31. The average Bonchev–Trinajstić information content (AvgIpc) is 2.40. The van der Waals surface area contributed by atoms with Crippen molar-refractivity contribution in [1.82, 2.24) is 20.3 Å². The third-order valence-corrected chi connectivity index (χ3v) is 3.32. The van der Waals surface area contributed by atoms with E-state index in [-0.39, 0.29) is 6.04 Å². The number of fused-ring (bicyclic) bond motifs is 1. The molecule has 0 aliphatic carbocycles. The van der Waals surface area contributed by atoms with Crippen molar-refractivity contribution in [2.45, 2.75) is 6.04 Å². The zero-order valence-corrected chi connectivity index (χ0v) is 11.5. The molecule has 2 aromatic rings. The van der Waals surface area contributed by atoms with Crippen molar-refractivity contribution in [3.05, 3.63) is 17.3 Å². The molecule has 0 saturated carbocycles. The van der Waals surface area contributed by atoms with E-state index in [0.29, 0.717) is 40.9 Å². The van der Waals surface area contributed by atoms with Crippen LogP contribution >= 0.6 is 11.6 Å². The van der Waals surface area contributed by atoms with E-state index in [9.17, 15) is 4.79 Å². The number of nitrogens with zero attached hydrogens (tertiary/aromatic N) is 4. The topological polar surface area (TPSA) is 129 Å². The molecule has 0 spiro atoms. The van der Waals surface area contributed by atoms with Crippen LogP contribution in [-0.2, 0) is 0 Å². The van der Waals surface area contributed by atoms with Crippen LogP contribution in [0.15, 0.2) is 12.3 Å². The van der Waals surface area contributed by atoms with Gasteiger partial charge in [0.1, 0.15) is 5.52 Å². The predicted octanol–water partition coefficient (Wildman–Crippen LogP) is 0.420. The van der Waals surface area contributed by atoms with Gasteiger partial charge in [-0.1, -0.05) is 11.6 Å². The van der Waals surface area contributed by atoms with Crippen LogP contribution in [0.2, 0.25) is 5.02 Å². The monoisotopic (exact) mass is 309 g/mol. The summed E-state index contributed by atoms with van der Waals surface area (Å²) in [4.78, 5) is 25.3. The van der Waals surface area contributed by atoms with Gasteiger partial charge in [0, 0.05) is 19.3 Å². The zero-order chi connectivity index (χ0) is 15.0. The fourth-order valence-corrected chi connectivity index (χ4v) is 2.30. The number of amides is 1. The molecule has 0 radical (unpaired) electrons. The average molecular weight is 310 g/mol. The van der Waals surface area contributed by atoms with Crippen molar-refractivity contribution in [1.29, 1.82) is 0 Å². The number of nitrogens with one attached hydrogen (secondary N) is 2. The summed E-state index contributed by atoms with van der Waals surface area (Å²) in [6.07, 6.45) is 0.445. The first-order chi connectivity index (χ1) is 10.1. The molecule has 110 valence electrons. The third kappa shape index (κ3) is 2.60. The molecule has 1 saturated heterocycles. The van der Waals surface area contributed by atoms with Gasteiger partial charge in [0.05, 0.1) is 11.1 Å². The number of halogens is 1. The molecule has 5 N–H and O–H groups in total. The second-order valence-electron chi connectivity index (χ2n) is 4.59. The maximum Gasteiger partial charge on any atom is 0.405 e. The summed E-state index contributed by atoms with van der Waals surface area (Å²) in [6.45, 7) is 0.990. The predicted molar refractivity (Wildman–Crippen MR) is 77.3 cm³/mol. The molecule has 0 aromatic carbocycles. The number of nitrogens with two attached hydrogens (primary N) is 1. The summed E-state index contributed by atoms with van der Waals surface area (Å²) in [7, 11) is 0. The molecule has 0 atom stereocenters.